The van der Waals surface area contributed by atoms with Crippen molar-refractivity contribution in [2.75, 3.05) is 6.54 Å². The SMILES string of the molecule is NC(=O)[C@@H]1CC(Oc2nc(-c3ncco3)nc3ccsc23)CN1C(=O)C(CCCCC=C=C[C@@H]1C[C@@H]1C(=O)O)NC(=O)OC1CCCC1. The third kappa shape index (κ3) is 8.03. The maximum absolute atomic E-state index is 14.0. The average molecular weight is 679 g/mol. The van der Waals surface area contributed by atoms with Crippen molar-refractivity contribution < 1.29 is 38.2 Å². The van der Waals surface area contributed by atoms with E-state index in [1.54, 1.807) is 6.08 Å². The summed E-state index contributed by atoms with van der Waals surface area (Å²) >= 11 is 1.40. The minimum Gasteiger partial charge on any atom is -0.481 e. The number of aliphatic carboxylic acids is 1. The van der Waals surface area contributed by atoms with Crippen LogP contribution in [0.4, 0.5) is 4.79 Å². The van der Waals surface area contributed by atoms with E-state index in [2.05, 4.69) is 26.0 Å². The fourth-order valence-electron chi connectivity index (χ4n) is 6.24. The Morgan fingerprint density at radius 2 is 2.02 bits per heavy atom. The van der Waals surface area contributed by atoms with Gasteiger partial charge in [0.15, 0.2) is 0 Å². The van der Waals surface area contributed by atoms with E-state index in [0.717, 1.165) is 25.7 Å². The minimum absolute atomic E-state index is 0.0306. The molecule has 48 heavy (non-hydrogen) atoms. The van der Waals surface area contributed by atoms with E-state index in [9.17, 15) is 19.2 Å². The van der Waals surface area contributed by atoms with Crippen LogP contribution < -0.4 is 15.8 Å². The first-order valence-electron chi connectivity index (χ1n) is 16.3. The predicted octanol–water partition coefficient (Wildman–Crippen LogP) is 4.21. The monoisotopic (exact) mass is 678 g/mol. The number of rotatable bonds is 14. The van der Waals surface area contributed by atoms with Crippen LogP contribution in [0.2, 0.25) is 0 Å². The fourth-order valence-corrected chi connectivity index (χ4v) is 7.01. The van der Waals surface area contributed by atoms with Crippen molar-refractivity contribution >= 4 is 45.4 Å². The molecule has 254 valence electrons. The van der Waals surface area contributed by atoms with Crippen LogP contribution in [-0.4, -0.2) is 79.7 Å². The number of hydrogen-bond donors (Lipinski definition) is 3. The number of likely N-dealkylation sites (tertiary alicyclic amines) is 1. The van der Waals surface area contributed by atoms with E-state index in [0.29, 0.717) is 42.3 Å². The second-order valence-electron chi connectivity index (χ2n) is 12.4. The predicted molar refractivity (Wildman–Crippen MR) is 173 cm³/mol. The lowest BCUT2D eigenvalue weighted by atomic mass is 10.1. The zero-order valence-electron chi connectivity index (χ0n) is 26.3. The van der Waals surface area contributed by atoms with Gasteiger partial charge >= 0.3 is 12.1 Å². The molecule has 15 heteroatoms. The maximum atomic E-state index is 14.0. The summed E-state index contributed by atoms with van der Waals surface area (Å²) in [5.41, 5.74) is 9.49. The number of alkyl carbamates (subject to hydrolysis) is 1. The average Bonchev–Trinajstić information content (AvgIpc) is 3.63. The molecule has 6 rings (SSSR count). The highest BCUT2D eigenvalue weighted by molar-refractivity contribution is 7.17. The Morgan fingerprint density at radius 3 is 2.75 bits per heavy atom. The van der Waals surface area contributed by atoms with Gasteiger partial charge in [-0.25, -0.2) is 14.8 Å². The van der Waals surface area contributed by atoms with E-state index in [-0.39, 0.29) is 48.5 Å². The lowest BCUT2D eigenvalue weighted by Crippen LogP contribution is -2.53. The smallest absolute Gasteiger partial charge is 0.408 e. The standard InChI is InChI=1S/C33H38N6O8S/c34-27(40)25-17-21(46-29-26-23(12-15-48-26)36-28(38-29)30-35-13-14-45-30)18-39(25)31(41)24(37-33(44)47-20-9-6-7-10-20)11-5-3-1-2-4-8-19-16-22(19)32(42)43/h2,8,12-15,19-22,24-25H,1,3,5-7,9-11,16-18H2,(H2,34,40)(H,37,44)(H,42,43)/t4?,19-,21?,22+,24?,25+/m1/s1. The number of carboxylic acid groups (broad SMARTS) is 1. The summed E-state index contributed by atoms with van der Waals surface area (Å²) in [6, 6.07) is -0.0665. The highest BCUT2D eigenvalue weighted by Crippen LogP contribution is 2.39. The molecule has 1 aliphatic heterocycles. The molecule has 3 amide bonds. The Morgan fingerprint density at radius 1 is 1.19 bits per heavy atom. The molecule has 3 aromatic rings. The van der Waals surface area contributed by atoms with Gasteiger partial charge in [-0.05, 0) is 80.9 Å². The molecule has 3 aliphatic rings. The number of oxazole rings is 1. The molecule has 2 aliphatic carbocycles. The van der Waals surface area contributed by atoms with Gasteiger partial charge in [0.05, 0.1) is 24.2 Å². The molecule has 4 heterocycles. The molecule has 0 bridgehead atoms. The van der Waals surface area contributed by atoms with Crippen LogP contribution in [0.25, 0.3) is 21.9 Å². The second-order valence-corrected chi connectivity index (χ2v) is 13.3. The molecular weight excluding hydrogens is 640 g/mol. The summed E-state index contributed by atoms with van der Waals surface area (Å²) in [4.78, 5) is 65.1. The zero-order chi connectivity index (χ0) is 33.6. The van der Waals surface area contributed by atoms with Gasteiger partial charge in [0, 0.05) is 6.42 Å². The first kappa shape index (κ1) is 33.2. The molecule has 0 spiro atoms. The van der Waals surface area contributed by atoms with Gasteiger partial charge in [0.25, 0.3) is 5.89 Å². The summed E-state index contributed by atoms with van der Waals surface area (Å²) < 4.78 is 18.0. The third-order valence-corrected chi connectivity index (χ3v) is 9.78. The lowest BCUT2D eigenvalue weighted by Gasteiger charge is -2.28. The molecule has 5 atom stereocenters. The summed E-state index contributed by atoms with van der Waals surface area (Å²) in [6.45, 7) is 0.0551. The molecule has 2 unspecified atom stereocenters. The largest absolute Gasteiger partial charge is 0.481 e. The summed E-state index contributed by atoms with van der Waals surface area (Å²) in [6.07, 6.45) is 11.7. The summed E-state index contributed by atoms with van der Waals surface area (Å²) in [5, 5.41) is 13.7. The van der Waals surface area contributed by atoms with Crippen LogP contribution in [0.15, 0.2) is 46.2 Å². The number of aromatic nitrogens is 3. The number of nitrogens with one attached hydrogen (secondary N) is 1. The number of carboxylic acids is 1. The Balaban J connectivity index is 1.12. The Labute approximate surface area is 280 Å². The number of carbonyl (C=O) groups excluding carboxylic acids is 3. The molecule has 4 N–H and O–H groups in total. The van der Waals surface area contributed by atoms with Crippen molar-refractivity contribution in [2.45, 2.75) is 88.5 Å². The quantitative estimate of drug-likeness (QED) is 0.163. The van der Waals surface area contributed by atoms with Gasteiger partial charge in [-0.3, -0.25) is 14.4 Å². The summed E-state index contributed by atoms with van der Waals surface area (Å²) in [5.74, 6) is -1.44. The van der Waals surface area contributed by atoms with Crippen molar-refractivity contribution in [1.29, 1.82) is 0 Å². The first-order valence-corrected chi connectivity index (χ1v) is 17.2. The van der Waals surface area contributed by atoms with Crippen molar-refractivity contribution in [3.63, 3.8) is 0 Å². The van der Waals surface area contributed by atoms with Gasteiger partial charge in [-0.2, -0.15) is 4.98 Å². The van der Waals surface area contributed by atoms with Crippen molar-refractivity contribution in [2.24, 2.45) is 17.6 Å². The second kappa shape index (κ2) is 15.0. The molecule has 3 aromatic heterocycles. The van der Waals surface area contributed by atoms with Crippen molar-refractivity contribution in [3.8, 4) is 17.6 Å². The van der Waals surface area contributed by atoms with Crippen LogP contribution in [0.5, 0.6) is 5.88 Å². The Kier molecular flexibility index (Phi) is 10.4. The zero-order valence-corrected chi connectivity index (χ0v) is 27.1. The number of thiophene rings is 1. The molecule has 3 fully saturated rings. The number of amides is 3. The maximum Gasteiger partial charge on any atom is 0.408 e. The van der Waals surface area contributed by atoms with Gasteiger partial charge in [0.2, 0.25) is 23.5 Å². The molecular formula is C33H38N6O8S. The number of nitrogens with two attached hydrogens (primary N) is 1. The van der Waals surface area contributed by atoms with Crippen LogP contribution in [-0.2, 0) is 19.1 Å². The van der Waals surface area contributed by atoms with Gasteiger partial charge in [0.1, 0.15) is 35.3 Å². The number of primary amides is 1. The molecule has 1 saturated heterocycles. The number of fused-ring (bicyclic) bond motifs is 1. The molecule has 0 radical (unpaired) electrons. The van der Waals surface area contributed by atoms with Crippen LogP contribution in [0, 0.1) is 11.8 Å². The van der Waals surface area contributed by atoms with Crippen LogP contribution >= 0.6 is 11.3 Å². The summed E-state index contributed by atoms with van der Waals surface area (Å²) in [7, 11) is 0. The lowest BCUT2D eigenvalue weighted by molar-refractivity contribution is -0.139. The highest BCUT2D eigenvalue weighted by Gasteiger charge is 2.43. The van der Waals surface area contributed by atoms with Crippen LogP contribution in [0.3, 0.4) is 0 Å². The molecule has 0 aromatic carbocycles. The topological polar surface area (TPSA) is 200 Å². The number of allylic oxidation sites excluding steroid dienone is 1. The van der Waals surface area contributed by atoms with E-state index >= 15 is 0 Å². The van der Waals surface area contributed by atoms with Gasteiger partial charge < -0.3 is 34.9 Å². The number of unbranched alkanes of at least 4 members (excludes halogenated alkanes) is 2. The third-order valence-electron chi connectivity index (χ3n) is 8.89. The van der Waals surface area contributed by atoms with E-state index < -0.39 is 42.1 Å². The Hall–Kier alpha value is -4.75. The minimum atomic E-state index is -0.949. The fraction of sp³-hybridized carbons (Fsp3) is 0.515. The van der Waals surface area contributed by atoms with Gasteiger partial charge in [-0.15, -0.1) is 17.1 Å². The van der Waals surface area contributed by atoms with E-state index in [4.69, 9.17) is 24.7 Å². The van der Waals surface area contributed by atoms with Crippen LogP contribution in [0.1, 0.15) is 64.2 Å². The number of nitrogens with zero attached hydrogens (tertiary/aromatic N) is 4. The van der Waals surface area contributed by atoms with Gasteiger partial charge in [-0.1, -0.05) is 6.42 Å². The highest BCUT2D eigenvalue weighted by atomic mass is 32.1. The first-order chi connectivity index (χ1) is 23.3. The Bertz CT molecular complexity index is 1700. The molecule has 2 saturated carbocycles. The van der Waals surface area contributed by atoms with Crippen molar-refractivity contribution in [1.82, 2.24) is 25.2 Å². The number of hydrogen-bond acceptors (Lipinski definition) is 11. The number of ether oxygens (including phenoxy) is 2. The van der Waals surface area contributed by atoms with Crippen molar-refractivity contribution in [3.05, 3.63) is 41.8 Å². The normalized spacial score (nSPS) is 22.5. The van der Waals surface area contributed by atoms with E-state index in [1.807, 2.05) is 17.5 Å². The molecule has 14 nitrogen and oxygen atoms in total. The number of carbonyl (C=O) groups is 4. The van der Waals surface area contributed by atoms with E-state index in [1.165, 1.54) is 28.7 Å².